The molecule has 1 heterocycles. The smallest absolute Gasteiger partial charge is 0.255 e. The zero-order valence-electron chi connectivity index (χ0n) is 17.2. The Morgan fingerprint density at radius 3 is 2.13 bits per heavy atom. The summed E-state index contributed by atoms with van der Waals surface area (Å²) in [5.74, 6) is -1.14. The number of halogens is 2. The van der Waals surface area contributed by atoms with E-state index in [2.05, 4.69) is 4.72 Å². The first-order valence-electron chi connectivity index (χ1n) is 9.78. The van der Waals surface area contributed by atoms with E-state index in [1.807, 2.05) is 0 Å². The van der Waals surface area contributed by atoms with Gasteiger partial charge in [0.05, 0.1) is 15.5 Å². The van der Waals surface area contributed by atoms with Crippen LogP contribution >= 0.6 is 11.6 Å². The third-order valence-electron chi connectivity index (χ3n) is 5.10. The van der Waals surface area contributed by atoms with Crippen LogP contribution in [0.15, 0.2) is 41.3 Å². The fourth-order valence-electron chi connectivity index (χ4n) is 3.39. The highest BCUT2D eigenvalue weighted by Crippen LogP contribution is 2.21. The summed E-state index contributed by atoms with van der Waals surface area (Å²) in [7, 11) is -3.68. The minimum absolute atomic E-state index is 0.0306. The Kier molecular flexibility index (Phi) is 6.98. The van der Waals surface area contributed by atoms with Crippen molar-refractivity contribution in [2.45, 2.75) is 18.7 Å². The number of amides is 2. The van der Waals surface area contributed by atoms with E-state index in [9.17, 15) is 22.4 Å². The summed E-state index contributed by atoms with van der Waals surface area (Å²) in [5.41, 5.74) is 1.18. The highest BCUT2D eigenvalue weighted by atomic mass is 35.5. The van der Waals surface area contributed by atoms with Crippen LogP contribution in [0, 0.1) is 12.7 Å². The standard InChI is InChI=1S/C21H23ClFN3O4S/c1-3-24-31(29,30)16-6-4-14(2)18(13-16)21(28)26-10-8-25(9-11-26)20(27)17-7-5-15(23)12-19(17)22/h4-7,12-13,24H,3,8-11H2,1-2H3. The maximum atomic E-state index is 13.2. The molecule has 2 aromatic carbocycles. The van der Waals surface area contributed by atoms with Crippen LogP contribution in [0.5, 0.6) is 0 Å². The molecule has 0 saturated carbocycles. The fraction of sp³-hybridized carbons (Fsp3) is 0.333. The summed E-state index contributed by atoms with van der Waals surface area (Å²) in [6.07, 6.45) is 0. The minimum Gasteiger partial charge on any atom is -0.335 e. The minimum atomic E-state index is -3.68. The Balaban J connectivity index is 1.72. The Labute approximate surface area is 185 Å². The van der Waals surface area contributed by atoms with Gasteiger partial charge in [0.15, 0.2) is 0 Å². The summed E-state index contributed by atoms with van der Waals surface area (Å²) in [4.78, 5) is 28.9. The van der Waals surface area contributed by atoms with Gasteiger partial charge < -0.3 is 9.80 Å². The Bertz CT molecular complexity index is 1120. The molecule has 10 heteroatoms. The lowest BCUT2D eigenvalue weighted by Gasteiger charge is -2.35. The molecule has 0 unspecified atom stereocenters. The quantitative estimate of drug-likeness (QED) is 0.732. The van der Waals surface area contributed by atoms with Gasteiger partial charge >= 0.3 is 0 Å². The number of hydrogen-bond acceptors (Lipinski definition) is 4. The predicted octanol–water partition coefficient (Wildman–Crippen LogP) is 2.68. The van der Waals surface area contributed by atoms with Crippen molar-refractivity contribution in [3.8, 4) is 0 Å². The number of nitrogens with one attached hydrogen (secondary N) is 1. The van der Waals surface area contributed by atoms with Crippen LogP contribution in [0.25, 0.3) is 0 Å². The number of nitrogens with zero attached hydrogens (tertiary/aromatic N) is 2. The lowest BCUT2D eigenvalue weighted by atomic mass is 10.1. The molecule has 1 aliphatic rings. The van der Waals surface area contributed by atoms with Crippen LogP contribution in [0.1, 0.15) is 33.2 Å². The number of hydrogen-bond donors (Lipinski definition) is 1. The number of benzene rings is 2. The van der Waals surface area contributed by atoms with Crippen molar-refractivity contribution in [2.24, 2.45) is 0 Å². The lowest BCUT2D eigenvalue weighted by Crippen LogP contribution is -2.50. The van der Waals surface area contributed by atoms with Crippen LogP contribution in [0.4, 0.5) is 4.39 Å². The van der Waals surface area contributed by atoms with Gasteiger partial charge in [-0.1, -0.05) is 24.6 Å². The Morgan fingerprint density at radius 2 is 1.58 bits per heavy atom. The number of sulfonamides is 1. The monoisotopic (exact) mass is 467 g/mol. The van der Waals surface area contributed by atoms with Crippen molar-refractivity contribution < 1.29 is 22.4 Å². The lowest BCUT2D eigenvalue weighted by molar-refractivity contribution is 0.0535. The van der Waals surface area contributed by atoms with Crippen molar-refractivity contribution in [3.63, 3.8) is 0 Å². The molecule has 2 amide bonds. The van der Waals surface area contributed by atoms with Gasteiger partial charge in [0.25, 0.3) is 11.8 Å². The van der Waals surface area contributed by atoms with Crippen LogP contribution < -0.4 is 4.72 Å². The molecule has 166 valence electrons. The molecular formula is C21H23ClFN3O4S. The average Bonchev–Trinajstić information content (AvgIpc) is 2.73. The number of carbonyl (C=O) groups excluding carboxylic acids is 2. The molecule has 3 rings (SSSR count). The van der Waals surface area contributed by atoms with Gasteiger partial charge in [0.1, 0.15) is 5.82 Å². The van der Waals surface area contributed by atoms with Gasteiger partial charge in [0, 0.05) is 38.3 Å². The topological polar surface area (TPSA) is 86.8 Å². The fourth-order valence-corrected chi connectivity index (χ4v) is 4.70. The second-order valence-corrected chi connectivity index (χ2v) is 9.36. The van der Waals surface area contributed by atoms with E-state index >= 15 is 0 Å². The summed E-state index contributed by atoms with van der Waals surface area (Å²) in [6.45, 7) is 4.80. The molecule has 1 aliphatic heterocycles. The molecule has 2 aromatic rings. The van der Waals surface area contributed by atoms with Gasteiger partial charge in [-0.3, -0.25) is 9.59 Å². The Hall–Kier alpha value is -2.49. The van der Waals surface area contributed by atoms with Crippen molar-refractivity contribution in [3.05, 3.63) is 63.9 Å². The van der Waals surface area contributed by atoms with E-state index in [1.54, 1.807) is 29.7 Å². The maximum Gasteiger partial charge on any atom is 0.255 e. The molecule has 1 saturated heterocycles. The van der Waals surface area contributed by atoms with Gasteiger partial charge in [-0.15, -0.1) is 0 Å². The molecule has 0 bridgehead atoms. The van der Waals surface area contributed by atoms with E-state index in [1.165, 1.54) is 24.3 Å². The molecule has 31 heavy (non-hydrogen) atoms. The normalized spacial score (nSPS) is 14.6. The first-order chi connectivity index (χ1) is 14.6. The predicted molar refractivity (Wildman–Crippen MR) is 115 cm³/mol. The third-order valence-corrected chi connectivity index (χ3v) is 6.96. The van der Waals surface area contributed by atoms with Gasteiger partial charge in [0.2, 0.25) is 10.0 Å². The highest BCUT2D eigenvalue weighted by Gasteiger charge is 2.28. The number of rotatable bonds is 5. The average molecular weight is 468 g/mol. The van der Waals surface area contributed by atoms with Crippen molar-refractivity contribution >= 4 is 33.4 Å². The summed E-state index contributed by atoms with van der Waals surface area (Å²) >= 11 is 5.99. The van der Waals surface area contributed by atoms with E-state index in [0.29, 0.717) is 11.1 Å². The third kappa shape index (κ3) is 5.06. The molecule has 0 spiro atoms. The highest BCUT2D eigenvalue weighted by molar-refractivity contribution is 7.89. The molecule has 1 fully saturated rings. The van der Waals surface area contributed by atoms with Crippen LogP contribution in [0.2, 0.25) is 5.02 Å². The number of carbonyl (C=O) groups is 2. The van der Waals surface area contributed by atoms with Crippen LogP contribution in [0.3, 0.4) is 0 Å². The largest absolute Gasteiger partial charge is 0.335 e. The van der Waals surface area contributed by atoms with E-state index < -0.39 is 15.8 Å². The summed E-state index contributed by atoms with van der Waals surface area (Å²) in [6, 6.07) is 8.06. The molecule has 7 nitrogen and oxygen atoms in total. The van der Waals surface area contributed by atoms with E-state index in [0.717, 1.165) is 6.07 Å². The van der Waals surface area contributed by atoms with E-state index in [-0.39, 0.29) is 60.0 Å². The van der Waals surface area contributed by atoms with Gasteiger partial charge in [-0.2, -0.15) is 0 Å². The van der Waals surface area contributed by atoms with Gasteiger partial charge in [-0.25, -0.2) is 17.5 Å². The SMILES string of the molecule is CCNS(=O)(=O)c1ccc(C)c(C(=O)N2CCN(C(=O)c3ccc(F)cc3Cl)CC2)c1. The zero-order valence-corrected chi connectivity index (χ0v) is 18.8. The second-order valence-electron chi connectivity index (χ2n) is 7.19. The Morgan fingerprint density at radius 1 is 1.00 bits per heavy atom. The maximum absolute atomic E-state index is 13.2. The van der Waals surface area contributed by atoms with Crippen LogP contribution in [-0.4, -0.2) is 62.8 Å². The summed E-state index contributed by atoms with van der Waals surface area (Å²) < 4.78 is 40.2. The van der Waals surface area contributed by atoms with Crippen LogP contribution in [-0.2, 0) is 10.0 Å². The molecule has 0 radical (unpaired) electrons. The molecule has 0 atom stereocenters. The van der Waals surface area contributed by atoms with Crippen molar-refractivity contribution in [1.82, 2.24) is 14.5 Å². The van der Waals surface area contributed by atoms with Crippen molar-refractivity contribution in [2.75, 3.05) is 32.7 Å². The van der Waals surface area contributed by atoms with Crippen molar-refractivity contribution in [1.29, 1.82) is 0 Å². The van der Waals surface area contributed by atoms with E-state index in [4.69, 9.17) is 11.6 Å². The number of aryl methyl sites for hydroxylation is 1. The second kappa shape index (κ2) is 9.33. The zero-order chi connectivity index (χ0) is 22.8. The molecular weight excluding hydrogens is 445 g/mol. The number of piperazine rings is 1. The first-order valence-corrected chi connectivity index (χ1v) is 11.6. The molecule has 0 aromatic heterocycles. The summed E-state index contributed by atoms with van der Waals surface area (Å²) in [5, 5.41) is 0.0397. The van der Waals surface area contributed by atoms with Gasteiger partial charge in [-0.05, 0) is 42.8 Å². The molecule has 1 N–H and O–H groups in total. The first kappa shape index (κ1) is 23.2. The molecule has 0 aliphatic carbocycles.